The molecule has 0 bridgehead atoms. The number of nitrogens with one attached hydrogen (secondary N) is 1. The van der Waals surface area contributed by atoms with E-state index < -0.39 is 0 Å². The molecule has 33 heavy (non-hydrogen) atoms. The Bertz CT molecular complexity index is 1280. The van der Waals surface area contributed by atoms with Crippen molar-refractivity contribution in [2.24, 2.45) is 0 Å². The van der Waals surface area contributed by atoms with E-state index in [1.54, 1.807) is 0 Å². The molecule has 1 fully saturated rings. The minimum atomic E-state index is 0. The first-order valence-corrected chi connectivity index (χ1v) is 11.7. The van der Waals surface area contributed by atoms with E-state index in [0.29, 0.717) is 12.5 Å². The molecule has 0 spiro atoms. The van der Waals surface area contributed by atoms with Crippen LogP contribution in [0.2, 0.25) is 5.02 Å². The number of nitrogens with zero attached hydrogens (tertiary/aromatic N) is 3. The van der Waals surface area contributed by atoms with Crippen molar-refractivity contribution in [1.82, 2.24) is 20.1 Å². The van der Waals surface area contributed by atoms with Gasteiger partial charge >= 0.3 is 0 Å². The van der Waals surface area contributed by atoms with Crippen molar-refractivity contribution in [2.45, 2.75) is 50.8 Å². The van der Waals surface area contributed by atoms with Crippen LogP contribution in [-0.4, -0.2) is 20.9 Å². The lowest BCUT2D eigenvalue weighted by Gasteiger charge is -2.29. The van der Waals surface area contributed by atoms with Crippen molar-refractivity contribution in [1.29, 1.82) is 0 Å². The van der Waals surface area contributed by atoms with Gasteiger partial charge in [-0.25, -0.2) is 0 Å². The van der Waals surface area contributed by atoms with Gasteiger partial charge in [0.25, 0.3) is 0 Å². The fourth-order valence-electron chi connectivity index (χ4n) is 5.07. The van der Waals surface area contributed by atoms with Crippen LogP contribution in [0.1, 0.15) is 48.8 Å². The third kappa shape index (κ3) is 4.33. The van der Waals surface area contributed by atoms with Crippen molar-refractivity contribution in [3.8, 4) is 11.4 Å². The summed E-state index contributed by atoms with van der Waals surface area (Å²) in [6.45, 7) is 1.49. The quantitative estimate of drug-likeness (QED) is 0.378. The average molecular weight is 481 g/mol. The van der Waals surface area contributed by atoms with Crippen molar-refractivity contribution >= 4 is 34.8 Å². The van der Waals surface area contributed by atoms with Crippen molar-refractivity contribution in [2.75, 3.05) is 0 Å². The van der Waals surface area contributed by atoms with Gasteiger partial charge in [-0.1, -0.05) is 41.9 Å². The van der Waals surface area contributed by atoms with E-state index in [4.69, 9.17) is 16.3 Å². The van der Waals surface area contributed by atoms with E-state index in [2.05, 4.69) is 68.6 Å². The van der Waals surface area contributed by atoms with E-state index in [9.17, 15) is 0 Å². The highest BCUT2D eigenvalue weighted by Gasteiger charge is 2.30. The molecule has 3 aromatic carbocycles. The van der Waals surface area contributed by atoms with Crippen LogP contribution in [0.5, 0.6) is 5.75 Å². The van der Waals surface area contributed by atoms with Crippen LogP contribution in [-0.2, 0) is 13.1 Å². The molecular weight excluding hydrogens is 455 g/mol. The Labute approximate surface area is 204 Å². The second-order valence-corrected chi connectivity index (χ2v) is 9.22. The second-order valence-electron chi connectivity index (χ2n) is 8.79. The maximum Gasteiger partial charge on any atom is 0.151 e. The molecular formula is C26H26Cl2N4O. The number of ether oxygens (including phenoxy) is 1. The summed E-state index contributed by atoms with van der Waals surface area (Å²) in [6.07, 6.45) is 4.38. The number of fused-ring (bicyclic) bond motifs is 4. The Balaban J connectivity index is 0.00000228. The van der Waals surface area contributed by atoms with Gasteiger partial charge in [-0.2, -0.15) is 0 Å². The summed E-state index contributed by atoms with van der Waals surface area (Å²) in [7, 11) is 0. The fourth-order valence-corrected chi connectivity index (χ4v) is 5.26. The van der Waals surface area contributed by atoms with Gasteiger partial charge < -0.3 is 10.1 Å². The molecule has 1 N–H and O–H groups in total. The second kappa shape index (κ2) is 9.34. The topological polar surface area (TPSA) is 52.0 Å². The minimum Gasteiger partial charge on any atom is -0.490 e. The lowest BCUT2D eigenvalue weighted by Crippen LogP contribution is -2.25. The van der Waals surface area contributed by atoms with E-state index in [0.717, 1.165) is 60.3 Å². The van der Waals surface area contributed by atoms with Crippen LogP contribution >= 0.6 is 24.0 Å². The summed E-state index contributed by atoms with van der Waals surface area (Å²) in [5, 5.41) is 15.8. The zero-order valence-corrected chi connectivity index (χ0v) is 19.8. The SMILES string of the molecule is Cl.Clc1ccc2c(c1)CNCc1nnc([C@H]3CC[C@H](Oc4ccc5ccccc5c4)CC3)n1-2. The molecule has 2 aliphatic rings. The predicted molar refractivity (Wildman–Crippen MR) is 134 cm³/mol. The summed E-state index contributed by atoms with van der Waals surface area (Å²) >= 11 is 6.25. The standard InChI is InChI=1S/C26H25ClN4O.ClH/c27-21-8-12-24-20(13-21)15-28-16-25-29-30-26(31(24)25)18-6-9-22(10-7-18)32-23-11-5-17-3-1-2-4-19(17)14-23;/h1-5,8,11-14,18,22,28H,6-7,9-10,15-16H2;1H/t18-,22-;. The Morgan fingerprint density at radius 2 is 1.70 bits per heavy atom. The smallest absolute Gasteiger partial charge is 0.151 e. The van der Waals surface area contributed by atoms with Crippen LogP contribution in [0.25, 0.3) is 16.5 Å². The van der Waals surface area contributed by atoms with Crippen LogP contribution in [0.4, 0.5) is 0 Å². The van der Waals surface area contributed by atoms with Crippen molar-refractivity contribution in [3.63, 3.8) is 0 Å². The number of aromatic nitrogens is 3. The first-order valence-electron chi connectivity index (χ1n) is 11.3. The summed E-state index contributed by atoms with van der Waals surface area (Å²) < 4.78 is 8.61. The van der Waals surface area contributed by atoms with Gasteiger partial charge in [0.05, 0.1) is 18.3 Å². The van der Waals surface area contributed by atoms with Crippen LogP contribution in [0, 0.1) is 0 Å². The molecule has 6 rings (SSSR count). The molecule has 0 atom stereocenters. The molecule has 0 amide bonds. The fraction of sp³-hybridized carbons (Fsp3) is 0.308. The van der Waals surface area contributed by atoms with Gasteiger partial charge in [-0.05, 0) is 72.4 Å². The zero-order chi connectivity index (χ0) is 21.5. The minimum absolute atomic E-state index is 0. The first-order chi connectivity index (χ1) is 15.7. The lowest BCUT2D eigenvalue weighted by molar-refractivity contribution is 0.145. The van der Waals surface area contributed by atoms with Gasteiger partial charge in [0.15, 0.2) is 5.82 Å². The molecule has 4 aromatic rings. The lowest BCUT2D eigenvalue weighted by atomic mass is 9.86. The molecule has 1 aliphatic carbocycles. The van der Waals surface area contributed by atoms with E-state index in [-0.39, 0.29) is 18.5 Å². The number of hydrogen-bond acceptors (Lipinski definition) is 4. The number of rotatable bonds is 3. The molecule has 1 aliphatic heterocycles. The van der Waals surface area contributed by atoms with Gasteiger partial charge in [0, 0.05) is 17.5 Å². The number of halogens is 2. The molecule has 5 nitrogen and oxygen atoms in total. The summed E-state index contributed by atoms with van der Waals surface area (Å²) in [4.78, 5) is 0. The highest BCUT2D eigenvalue weighted by molar-refractivity contribution is 6.30. The highest BCUT2D eigenvalue weighted by atomic mass is 35.5. The Kier molecular flexibility index (Phi) is 6.28. The summed E-state index contributed by atoms with van der Waals surface area (Å²) in [6, 6.07) is 20.9. The van der Waals surface area contributed by atoms with Crippen molar-refractivity contribution < 1.29 is 4.74 Å². The molecule has 2 heterocycles. The molecule has 0 saturated heterocycles. The molecule has 0 unspecified atom stereocenters. The third-order valence-electron chi connectivity index (χ3n) is 6.70. The number of hydrogen-bond donors (Lipinski definition) is 1. The summed E-state index contributed by atoms with van der Waals surface area (Å²) in [5.74, 6) is 3.38. The van der Waals surface area contributed by atoms with Gasteiger partial charge in [-0.15, -0.1) is 22.6 Å². The molecule has 170 valence electrons. The highest BCUT2D eigenvalue weighted by Crippen LogP contribution is 2.36. The Hall–Kier alpha value is -2.60. The molecule has 1 aromatic heterocycles. The van der Waals surface area contributed by atoms with E-state index in [1.165, 1.54) is 16.3 Å². The van der Waals surface area contributed by atoms with Gasteiger partial charge in [0.2, 0.25) is 0 Å². The normalized spacial score (nSPS) is 19.8. The molecule has 7 heteroatoms. The third-order valence-corrected chi connectivity index (χ3v) is 6.93. The zero-order valence-electron chi connectivity index (χ0n) is 18.2. The van der Waals surface area contributed by atoms with Crippen molar-refractivity contribution in [3.05, 3.63) is 82.9 Å². The monoisotopic (exact) mass is 480 g/mol. The summed E-state index contributed by atoms with van der Waals surface area (Å²) in [5.41, 5.74) is 2.33. The van der Waals surface area contributed by atoms with Crippen LogP contribution in [0.15, 0.2) is 60.7 Å². The maximum absolute atomic E-state index is 6.36. The van der Waals surface area contributed by atoms with Gasteiger partial charge in [-0.3, -0.25) is 4.57 Å². The van der Waals surface area contributed by atoms with E-state index >= 15 is 0 Å². The predicted octanol–water partition coefficient (Wildman–Crippen LogP) is 6.20. The van der Waals surface area contributed by atoms with Crippen LogP contribution in [0.3, 0.4) is 0 Å². The first kappa shape index (κ1) is 22.2. The van der Waals surface area contributed by atoms with Crippen LogP contribution < -0.4 is 10.1 Å². The van der Waals surface area contributed by atoms with Gasteiger partial charge in [0.1, 0.15) is 11.6 Å². The molecule has 1 saturated carbocycles. The van der Waals surface area contributed by atoms with E-state index in [1.807, 2.05) is 12.1 Å². The average Bonchev–Trinajstić information content (AvgIpc) is 3.15. The Morgan fingerprint density at radius 3 is 2.55 bits per heavy atom. The maximum atomic E-state index is 6.36. The number of benzene rings is 3. The molecule has 0 radical (unpaired) electrons. The largest absolute Gasteiger partial charge is 0.490 e. The Morgan fingerprint density at radius 1 is 0.879 bits per heavy atom.